The van der Waals surface area contributed by atoms with Crippen LogP contribution in [0.15, 0.2) is 22.7 Å². The van der Waals surface area contributed by atoms with Gasteiger partial charge in [0.25, 0.3) is 0 Å². The summed E-state index contributed by atoms with van der Waals surface area (Å²) in [6.45, 7) is 1.31. The highest BCUT2D eigenvalue weighted by Gasteiger charge is 2.20. The van der Waals surface area contributed by atoms with Crippen molar-refractivity contribution in [2.45, 2.75) is 19.3 Å². The second kappa shape index (κ2) is 5.74. The largest absolute Gasteiger partial charge is 0.310 e. The van der Waals surface area contributed by atoms with E-state index in [0.29, 0.717) is 11.0 Å². The van der Waals surface area contributed by atoms with E-state index in [1.807, 2.05) is 0 Å². The van der Waals surface area contributed by atoms with Gasteiger partial charge in [-0.3, -0.25) is 4.79 Å². The van der Waals surface area contributed by atoms with Crippen LogP contribution in [0, 0.1) is 11.7 Å². The lowest BCUT2D eigenvalue weighted by molar-refractivity contribution is -0.117. The van der Waals surface area contributed by atoms with Crippen LogP contribution in [0.4, 0.5) is 4.39 Å². The quantitative estimate of drug-likeness (QED) is 0.875. The number of halogens is 2. The molecule has 1 saturated carbocycles. The molecule has 2 nitrogen and oxygen atoms in total. The molecule has 2 rings (SSSR count). The number of Topliss-reactive ketones (excluding diaryl/α,β-unsaturated/α-hetero) is 1. The second-order valence-corrected chi connectivity index (χ2v) is 5.48. The average molecular weight is 300 g/mol. The summed E-state index contributed by atoms with van der Waals surface area (Å²) in [4.78, 5) is 11.6. The Bertz CT molecular complexity index is 398. The Morgan fingerprint density at radius 3 is 2.82 bits per heavy atom. The first-order valence-corrected chi connectivity index (χ1v) is 6.60. The number of carbonyl (C=O) groups is 1. The first-order valence-electron chi connectivity index (χ1n) is 5.81. The van der Waals surface area contributed by atoms with E-state index in [-0.39, 0.29) is 18.0 Å². The lowest BCUT2D eigenvalue weighted by Gasteiger charge is -2.04. The van der Waals surface area contributed by atoms with E-state index in [1.54, 1.807) is 6.07 Å². The van der Waals surface area contributed by atoms with Crippen LogP contribution in [0.25, 0.3) is 0 Å². The van der Waals surface area contributed by atoms with Gasteiger partial charge in [0.1, 0.15) is 5.82 Å². The number of nitrogens with one attached hydrogen (secondary N) is 1. The molecule has 17 heavy (non-hydrogen) atoms. The Labute approximate surface area is 109 Å². The molecule has 4 heteroatoms. The summed E-state index contributed by atoms with van der Waals surface area (Å²) in [6.07, 6.45) is 2.84. The zero-order chi connectivity index (χ0) is 12.3. The lowest BCUT2D eigenvalue weighted by atomic mass is 10.1. The van der Waals surface area contributed by atoms with Crippen molar-refractivity contribution in [3.05, 3.63) is 34.1 Å². The molecule has 0 heterocycles. The summed E-state index contributed by atoms with van der Waals surface area (Å²) in [5, 5.41) is 3.14. The van der Waals surface area contributed by atoms with E-state index in [9.17, 15) is 9.18 Å². The van der Waals surface area contributed by atoms with Gasteiger partial charge in [0.2, 0.25) is 0 Å². The van der Waals surface area contributed by atoms with Crippen LogP contribution in [0.3, 0.4) is 0 Å². The van der Waals surface area contributed by atoms with E-state index < -0.39 is 0 Å². The van der Waals surface area contributed by atoms with Crippen LogP contribution in [0.2, 0.25) is 0 Å². The Kier molecular flexibility index (Phi) is 4.29. The van der Waals surface area contributed by atoms with E-state index in [0.717, 1.165) is 18.0 Å². The maximum Gasteiger partial charge on any atom is 0.150 e. The summed E-state index contributed by atoms with van der Waals surface area (Å²) < 4.78 is 13.8. The van der Waals surface area contributed by atoms with Gasteiger partial charge in [0.05, 0.1) is 6.54 Å². The van der Waals surface area contributed by atoms with E-state index in [1.165, 1.54) is 25.0 Å². The normalized spacial score (nSPS) is 14.9. The van der Waals surface area contributed by atoms with Gasteiger partial charge >= 0.3 is 0 Å². The molecule has 92 valence electrons. The summed E-state index contributed by atoms with van der Waals surface area (Å²) in [5.74, 6) is 0.558. The summed E-state index contributed by atoms with van der Waals surface area (Å²) in [6, 6.07) is 4.57. The van der Waals surface area contributed by atoms with Crippen molar-refractivity contribution < 1.29 is 9.18 Å². The Morgan fingerprint density at radius 1 is 1.41 bits per heavy atom. The van der Waals surface area contributed by atoms with Crippen molar-refractivity contribution in [1.29, 1.82) is 0 Å². The van der Waals surface area contributed by atoms with Gasteiger partial charge in [0.15, 0.2) is 5.78 Å². The Balaban J connectivity index is 1.79. The third kappa shape index (κ3) is 4.56. The lowest BCUT2D eigenvalue weighted by Crippen LogP contribution is -2.26. The standard InChI is InChI=1S/C13H15BrFNO/c14-11-3-10(4-12(15)6-11)5-13(17)8-16-7-9-1-2-9/h3-4,6,9,16H,1-2,5,7-8H2. The molecule has 0 aliphatic heterocycles. The molecule has 0 amide bonds. The van der Waals surface area contributed by atoms with Crippen molar-refractivity contribution in [2.75, 3.05) is 13.1 Å². The molecule has 0 radical (unpaired) electrons. The first-order chi connectivity index (χ1) is 8.13. The van der Waals surface area contributed by atoms with Gasteiger partial charge < -0.3 is 5.32 Å². The zero-order valence-electron chi connectivity index (χ0n) is 9.51. The number of rotatable bonds is 6. The van der Waals surface area contributed by atoms with Crippen LogP contribution in [-0.4, -0.2) is 18.9 Å². The Morgan fingerprint density at radius 2 is 2.18 bits per heavy atom. The summed E-state index contributed by atoms with van der Waals surface area (Å²) >= 11 is 3.22. The average Bonchev–Trinajstić information content (AvgIpc) is 2.99. The molecule has 1 fully saturated rings. The molecular formula is C13H15BrFNO. The van der Waals surface area contributed by atoms with Crippen molar-refractivity contribution in [1.82, 2.24) is 5.32 Å². The zero-order valence-corrected chi connectivity index (χ0v) is 11.1. The van der Waals surface area contributed by atoms with Gasteiger partial charge in [0, 0.05) is 10.9 Å². The van der Waals surface area contributed by atoms with Crippen LogP contribution < -0.4 is 5.32 Å². The fourth-order valence-electron chi connectivity index (χ4n) is 1.74. The number of hydrogen-bond acceptors (Lipinski definition) is 2. The van der Waals surface area contributed by atoms with Crippen LogP contribution in [0.1, 0.15) is 18.4 Å². The minimum Gasteiger partial charge on any atom is -0.310 e. The maximum atomic E-state index is 13.1. The van der Waals surface area contributed by atoms with Crippen LogP contribution >= 0.6 is 15.9 Å². The van der Waals surface area contributed by atoms with Crippen LogP contribution in [0.5, 0.6) is 0 Å². The van der Waals surface area contributed by atoms with Gasteiger partial charge in [-0.2, -0.15) is 0 Å². The third-order valence-electron chi connectivity index (χ3n) is 2.78. The maximum absolute atomic E-state index is 13.1. The predicted molar refractivity (Wildman–Crippen MR) is 68.4 cm³/mol. The minimum atomic E-state index is -0.312. The molecule has 0 saturated heterocycles. The highest BCUT2D eigenvalue weighted by atomic mass is 79.9. The highest BCUT2D eigenvalue weighted by Crippen LogP contribution is 2.27. The molecule has 1 N–H and O–H groups in total. The highest BCUT2D eigenvalue weighted by molar-refractivity contribution is 9.10. The fraction of sp³-hybridized carbons (Fsp3) is 0.462. The SMILES string of the molecule is O=C(CNCC1CC1)Cc1cc(F)cc(Br)c1. The number of hydrogen-bond donors (Lipinski definition) is 1. The first kappa shape index (κ1) is 12.7. The van der Waals surface area contributed by atoms with Crippen molar-refractivity contribution >= 4 is 21.7 Å². The molecule has 0 spiro atoms. The molecule has 1 aliphatic rings. The summed E-state index contributed by atoms with van der Waals surface area (Å²) in [5.41, 5.74) is 0.718. The molecular weight excluding hydrogens is 285 g/mol. The van der Waals surface area contributed by atoms with E-state index in [2.05, 4.69) is 21.2 Å². The third-order valence-corrected chi connectivity index (χ3v) is 3.23. The van der Waals surface area contributed by atoms with E-state index in [4.69, 9.17) is 0 Å². The van der Waals surface area contributed by atoms with Crippen molar-refractivity contribution in [2.24, 2.45) is 5.92 Å². The van der Waals surface area contributed by atoms with Crippen molar-refractivity contribution in [3.63, 3.8) is 0 Å². The molecule has 0 atom stereocenters. The molecule has 1 aliphatic carbocycles. The topological polar surface area (TPSA) is 29.1 Å². The van der Waals surface area contributed by atoms with Crippen molar-refractivity contribution in [3.8, 4) is 0 Å². The Hall–Kier alpha value is -0.740. The van der Waals surface area contributed by atoms with Gasteiger partial charge in [-0.1, -0.05) is 15.9 Å². The summed E-state index contributed by atoms with van der Waals surface area (Å²) in [7, 11) is 0. The smallest absolute Gasteiger partial charge is 0.150 e. The minimum absolute atomic E-state index is 0.100. The fourth-order valence-corrected chi connectivity index (χ4v) is 2.25. The molecule has 0 unspecified atom stereocenters. The molecule has 1 aromatic rings. The molecule has 1 aromatic carbocycles. The second-order valence-electron chi connectivity index (χ2n) is 4.57. The number of benzene rings is 1. The van der Waals surface area contributed by atoms with Crippen LogP contribution in [-0.2, 0) is 11.2 Å². The molecule has 0 aromatic heterocycles. The van der Waals surface area contributed by atoms with Gasteiger partial charge in [-0.25, -0.2) is 4.39 Å². The monoisotopic (exact) mass is 299 g/mol. The van der Waals surface area contributed by atoms with Gasteiger partial charge in [-0.15, -0.1) is 0 Å². The van der Waals surface area contributed by atoms with Gasteiger partial charge in [-0.05, 0) is 49.1 Å². The number of ketones is 1. The number of carbonyl (C=O) groups excluding carboxylic acids is 1. The predicted octanol–water partition coefficient (Wildman–Crippen LogP) is 2.70. The molecule has 0 bridgehead atoms. The van der Waals surface area contributed by atoms with E-state index >= 15 is 0 Å².